The lowest BCUT2D eigenvalue weighted by atomic mass is 10.0. The molecule has 0 radical (unpaired) electrons. The van der Waals surface area contributed by atoms with Crippen molar-refractivity contribution in [3.8, 4) is 11.1 Å². The highest BCUT2D eigenvalue weighted by atomic mass is 19.1. The van der Waals surface area contributed by atoms with Crippen LogP contribution in [0.2, 0.25) is 0 Å². The summed E-state index contributed by atoms with van der Waals surface area (Å²) in [5.41, 5.74) is 5.22. The Morgan fingerprint density at radius 2 is 1.82 bits per heavy atom. The molecule has 0 saturated heterocycles. The third kappa shape index (κ3) is 1.80. The molecule has 17 heavy (non-hydrogen) atoms. The van der Waals surface area contributed by atoms with Gasteiger partial charge in [0.2, 0.25) is 0 Å². The molecule has 3 rings (SSSR count). The average molecular weight is 227 g/mol. The molecule has 86 valence electrons. The van der Waals surface area contributed by atoms with E-state index in [-0.39, 0.29) is 5.82 Å². The van der Waals surface area contributed by atoms with Gasteiger partial charge in [0.05, 0.1) is 0 Å². The summed E-state index contributed by atoms with van der Waals surface area (Å²) in [6, 6.07) is 11.7. The first-order chi connectivity index (χ1) is 8.24. The Morgan fingerprint density at radius 3 is 2.65 bits per heavy atom. The van der Waals surface area contributed by atoms with Crippen molar-refractivity contribution in [1.82, 2.24) is 0 Å². The van der Waals surface area contributed by atoms with Crippen LogP contribution >= 0.6 is 0 Å². The molecule has 0 spiro atoms. The molecular formula is C15H14FN. The summed E-state index contributed by atoms with van der Waals surface area (Å²) in [4.78, 5) is 0. The van der Waals surface area contributed by atoms with Crippen molar-refractivity contribution >= 4 is 5.69 Å². The SMILES string of the molecule is Cc1ccc(-c2ccc3c(c2)NCC3)cc1F. The first kappa shape index (κ1) is 10.3. The van der Waals surface area contributed by atoms with E-state index >= 15 is 0 Å². The van der Waals surface area contributed by atoms with Crippen LogP contribution < -0.4 is 5.32 Å². The molecule has 0 amide bonds. The fourth-order valence-corrected chi connectivity index (χ4v) is 2.24. The van der Waals surface area contributed by atoms with Crippen LogP contribution in [0.15, 0.2) is 36.4 Å². The highest BCUT2D eigenvalue weighted by Crippen LogP contribution is 2.29. The van der Waals surface area contributed by atoms with E-state index in [0.29, 0.717) is 5.56 Å². The van der Waals surface area contributed by atoms with E-state index in [4.69, 9.17) is 0 Å². The topological polar surface area (TPSA) is 12.0 Å². The van der Waals surface area contributed by atoms with Gasteiger partial charge in [0.25, 0.3) is 0 Å². The van der Waals surface area contributed by atoms with Gasteiger partial charge in [0.1, 0.15) is 5.82 Å². The standard InChI is InChI=1S/C15H14FN/c1-10-2-3-12(8-14(10)16)13-5-4-11-6-7-17-15(11)9-13/h2-5,8-9,17H,6-7H2,1H3. The van der Waals surface area contributed by atoms with Crippen LogP contribution in [0, 0.1) is 12.7 Å². The summed E-state index contributed by atoms with van der Waals surface area (Å²) in [6.45, 7) is 2.78. The number of nitrogens with one attached hydrogen (secondary N) is 1. The molecule has 0 bridgehead atoms. The molecule has 0 unspecified atom stereocenters. The zero-order valence-corrected chi connectivity index (χ0v) is 9.76. The molecule has 2 aromatic carbocycles. The van der Waals surface area contributed by atoms with E-state index in [2.05, 4.69) is 23.5 Å². The normalized spacial score (nSPS) is 13.3. The number of anilines is 1. The van der Waals surface area contributed by atoms with Crippen LogP contribution in [0.3, 0.4) is 0 Å². The smallest absolute Gasteiger partial charge is 0.126 e. The summed E-state index contributed by atoms with van der Waals surface area (Å²) < 4.78 is 13.5. The van der Waals surface area contributed by atoms with Crippen molar-refractivity contribution in [2.45, 2.75) is 13.3 Å². The minimum atomic E-state index is -0.143. The number of hydrogen-bond donors (Lipinski definition) is 1. The molecule has 1 N–H and O–H groups in total. The van der Waals surface area contributed by atoms with Crippen molar-refractivity contribution < 1.29 is 4.39 Å². The molecule has 0 aromatic heterocycles. The average Bonchev–Trinajstić information content (AvgIpc) is 2.79. The Labute approximate surface area is 100 Å². The third-order valence-electron chi connectivity index (χ3n) is 3.32. The Bertz CT molecular complexity index is 575. The maximum Gasteiger partial charge on any atom is 0.126 e. The molecule has 2 heteroatoms. The lowest BCUT2D eigenvalue weighted by Crippen LogP contribution is -1.91. The van der Waals surface area contributed by atoms with Gasteiger partial charge in [0.15, 0.2) is 0 Å². The van der Waals surface area contributed by atoms with Gasteiger partial charge in [-0.3, -0.25) is 0 Å². The number of rotatable bonds is 1. The quantitative estimate of drug-likeness (QED) is 0.782. The second-order valence-electron chi connectivity index (χ2n) is 4.51. The molecule has 0 saturated carbocycles. The van der Waals surface area contributed by atoms with Gasteiger partial charge in [-0.1, -0.05) is 24.3 Å². The predicted molar refractivity (Wildman–Crippen MR) is 68.8 cm³/mol. The van der Waals surface area contributed by atoms with Crippen LogP contribution in [0.1, 0.15) is 11.1 Å². The van der Waals surface area contributed by atoms with Crippen LogP contribution in [-0.4, -0.2) is 6.54 Å². The molecule has 1 aliphatic heterocycles. The summed E-state index contributed by atoms with van der Waals surface area (Å²) in [5.74, 6) is -0.143. The number of halogens is 1. The fourth-order valence-electron chi connectivity index (χ4n) is 2.24. The van der Waals surface area contributed by atoms with Gasteiger partial charge >= 0.3 is 0 Å². The van der Waals surface area contributed by atoms with Gasteiger partial charge in [-0.15, -0.1) is 0 Å². The lowest BCUT2D eigenvalue weighted by Gasteiger charge is -2.06. The van der Waals surface area contributed by atoms with Crippen LogP contribution in [0.25, 0.3) is 11.1 Å². The number of fused-ring (bicyclic) bond motifs is 1. The van der Waals surface area contributed by atoms with Gasteiger partial charge in [-0.2, -0.15) is 0 Å². The highest BCUT2D eigenvalue weighted by Gasteiger charge is 2.11. The van der Waals surface area contributed by atoms with Crippen molar-refractivity contribution in [1.29, 1.82) is 0 Å². The van der Waals surface area contributed by atoms with E-state index in [1.54, 1.807) is 13.0 Å². The van der Waals surface area contributed by atoms with Crippen molar-refractivity contribution in [3.05, 3.63) is 53.3 Å². The number of hydrogen-bond acceptors (Lipinski definition) is 1. The van der Waals surface area contributed by atoms with Gasteiger partial charge < -0.3 is 5.32 Å². The zero-order chi connectivity index (χ0) is 11.8. The predicted octanol–water partition coefficient (Wildman–Crippen LogP) is 3.77. The van der Waals surface area contributed by atoms with E-state index in [1.165, 1.54) is 11.3 Å². The fraction of sp³-hybridized carbons (Fsp3) is 0.200. The van der Waals surface area contributed by atoms with Crippen LogP contribution in [0.4, 0.5) is 10.1 Å². The summed E-state index contributed by atoms with van der Waals surface area (Å²) in [5, 5.41) is 3.34. The molecule has 2 aromatic rings. The van der Waals surface area contributed by atoms with Gasteiger partial charge in [-0.25, -0.2) is 4.39 Å². The largest absolute Gasteiger partial charge is 0.384 e. The third-order valence-corrected chi connectivity index (χ3v) is 3.32. The Hall–Kier alpha value is -1.83. The molecule has 0 aliphatic carbocycles. The van der Waals surface area contributed by atoms with E-state index in [0.717, 1.165) is 24.1 Å². The minimum absolute atomic E-state index is 0.143. The van der Waals surface area contributed by atoms with Crippen molar-refractivity contribution in [2.24, 2.45) is 0 Å². The Kier molecular flexibility index (Phi) is 2.36. The van der Waals surface area contributed by atoms with E-state index < -0.39 is 0 Å². The van der Waals surface area contributed by atoms with E-state index in [9.17, 15) is 4.39 Å². The molecule has 1 aliphatic rings. The summed E-state index contributed by atoms with van der Waals surface area (Å²) >= 11 is 0. The number of aryl methyl sites for hydroxylation is 1. The maximum absolute atomic E-state index is 13.5. The summed E-state index contributed by atoms with van der Waals surface area (Å²) in [6.07, 6.45) is 1.08. The second-order valence-corrected chi connectivity index (χ2v) is 4.51. The summed E-state index contributed by atoms with van der Waals surface area (Å²) in [7, 11) is 0. The number of benzene rings is 2. The zero-order valence-electron chi connectivity index (χ0n) is 9.76. The monoisotopic (exact) mass is 227 g/mol. The molecular weight excluding hydrogens is 213 g/mol. The van der Waals surface area contributed by atoms with Crippen molar-refractivity contribution in [2.75, 3.05) is 11.9 Å². The first-order valence-corrected chi connectivity index (χ1v) is 5.87. The van der Waals surface area contributed by atoms with E-state index in [1.807, 2.05) is 12.1 Å². The van der Waals surface area contributed by atoms with Gasteiger partial charge in [-0.05, 0) is 47.7 Å². The van der Waals surface area contributed by atoms with Crippen molar-refractivity contribution in [3.63, 3.8) is 0 Å². The van der Waals surface area contributed by atoms with Crippen LogP contribution in [-0.2, 0) is 6.42 Å². The van der Waals surface area contributed by atoms with Crippen LogP contribution in [0.5, 0.6) is 0 Å². The highest BCUT2D eigenvalue weighted by molar-refractivity contribution is 5.71. The second kappa shape index (κ2) is 3.88. The molecule has 0 atom stereocenters. The Morgan fingerprint density at radius 1 is 1.06 bits per heavy atom. The maximum atomic E-state index is 13.5. The minimum Gasteiger partial charge on any atom is -0.384 e. The molecule has 1 heterocycles. The molecule has 1 nitrogen and oxygen atoms in total. The molecule has 0 fully saturated rings. The van der Waals surface area contributed by atoms with Gasteiger partial charge in [0, 0.05) is 12.2 Å². The first-order valence-electron chi connectivity index (χ1n) is 5.87. The Balaban J connectivity index is 2.06. The lowest BCUT2D eigenvalue weighted by molar-refractivity contribution is 0.619.